The quantitative estimate of drug-likeness (QED) is 0.585. The SMILES string of the molecule is O=Cc1ccc(COC(=O)[C@H]2CCC(=O)C2)o1. The number of ketones is 1. The highest BCUT2D eigenvalue weighted by molar-refractivity contribution is 5.87. The number of Topliss-reactive ketones (excluding diaryl/α,β-unsaturated/α-hetero) is 1. The van der Waals surface area contributed by atoms with Crippen molar-refractivity contribution in [2.24, 2.45) is 5.92 Å². The average Bonchev–Trinajstić information content (AvgIpc) is 2.94. The molecule has 0 aliphatic heterocycles. The smallest absolute Gasteiger partial charge is 0.309 e. The van der Waals surface area contributed by atoms with E-state index in [1.807, 2.05) is 0 Å². The van der Waals surface area contributed by atoms with E-state index in [1.165, 1.54) is 6.07 Å². The van der Waals surface area contributed by atoms with Crippen molar-refractivity contribution < 1.29 is 23.5 Å². The van der Waals surface area contributed by atoms with E-state index in [1.54, 1.807) is 6.07 Å². The molecule has 1 saturated carbocycles. The van der Waals surface area contributed by atoms with Crippen LogP contribution in [0.5, 0.6) is 0 Å². The standard InChI is InChI=1S/C12H12O5/c13-6-10-3-4-11(17-10)7-16-12(15)8-1-2-9(14)5-8/h3-4,6,8H,1-2,5,7H2/t8-/m0/s1. The largest absolute Gasteiger partial charge is 0.457 e. The van der Waals surface area contributed by atoms with Crippen LogP contribution in [0, 0.1) is 5.92 Å². The molecule has 0 N–H and O–H groups in total. The zero-order valence-electron chi connectivity index (χ0n) is 9.18. The summed E-state index contributed by atoms with van der Waals surface area (Å²) < 4.78 is 10.1. The first-order valence-corrected chi connectivity index (χ1v) is 5.41. The third-order valence-corrected chi connectivity index (χ3v) is 2.73. The van der Waals surface area contributed by atoms with Gasteiger partial charge in [0.05, 0.1) is 5.92 Å². The minimum atomic E-state index is -0.375. The maximum absolute atomic E-state index is 11.6. The highest BCUT2D eigenvalue weighted by Gasteiger charge is 2.29. The number of hydrogen-bond donors (Lipinski definition) is 0. The number of aldehydes is 1. The van der Waals surface area contributed by atoms with Crippen LogP contribution >= 0.6 is 0 Å². The summed E-state index contributed by atoms with van der Waals surface area (Å²) >= 11 is 0. The van der Waals surface area contributed by atoms with Gasteiger partial charge in [-0.15, -0.1) is 0 Å². The van der Waals surface area contributed by atoms with Gasteiger partial charge in [-0.2, -0.15) is 0 Å². The van der Waals surface area contributed by atoms with Crippen LogP contribution in [0.25, 0.3) is 0 Å². The van der Waals surface area contributed by atoms with Crippen LogP contribution in [0.15, 0.2) is 16.5 Å². The molecule has 0 saturated heterocycles. The van der Waals surface area contributed by atoms with Gasteiger partial charge in [0.1, 0.15) is 18.2 Å². The van der Waals surface area contributed by atoms with Gasteiger partial charge in [-0.25, -0.2) is 0 Å². The molecule has 0 aromatic carbocycles. The van der Waals surface area contributed by atoms with Crippen LogP contribution < -0.4 is 0 Å². The van der Waals surface area contributed by atoms with Gasteiger partial charge < -0.3 is 9.15 Å². The summed E-state index contributed by atoms with van der Waals surface area (Å²) in [6.45, 7) is -0.00262. The van der Waals surface area contributed by atoms with Gasteiger partial charge in [0, 0.05) is 12.8 Å². The van der Waals surface area contributed by atoms with Crippen molar-refractivity contribution in [2.45, 2.75) is 25.9 Å². The molecule has 1 aromatic rings. The molecule has 0 radical (unpaired) electrons. The zero-order valence-corrected chi connectivity index (χ0v) is 9.18. The number of ether oxygens (including phenoxy) is 1. The van der Waals surface area contributed by atoms with Crippen molar-refractivity contribution in [2.75, 3.05) is 0 Å². The van der Waals surface area contributed by atoms with E-state index in [0.717, 1.165) is 0 Å². The molecule has 0 unspecified atom stereocenters. The Morgan fingerprint density at radius 2 is 2.35 bits per heavy atom. The summed E-state index contributed by atoms with van der Waals surface area (Å²) in [7, 11) is 0. The molecule has 0 spiro atoms. The predicted molar refractivity (Wildman–Crippen MR) is 56.2 cm³/mol. The molecule has 0 bridgehead atoms. The monoisotopic (exact) mass is 236 g/mol. The first-order valence-electron chi connectivity index (χ1n) is 5.41. The predicted octanol–water partition coefficient (Wildman–Crippen LogP) is 1.50. The van der Waals surface area contributed by atoms with Crippen molar-refractivity contribution in [1.29, 1.82) is 0 Å². The molecule has 1 heterocycles. The van der Waals surface area contributed by atoms with E-state index < -0.39 is 0 Å². The summed E-state index contributed by atoms with van der Waals surface area (Å²) in [4.78, 5) is 32.9. The summed E-state index contributed by atoms with van der Waals surface area (Å²) in [5, 5.41) is 0. The minimum Gasteiger partial charge on any atom is -0.457 e. The highest BCUT2D eigenvalue weighted by Crippen LogP contribution is 2.23. The normalized spacial score (nSPS) is 19.3. The topological polar surface area (TPSA) is 73.6 Å². The molecule has 17 heavy (non-hydrogen) atoms. The molecule has 1 aliphatic rings. The second-order valence-corrected chi connectivity index (χ2v) is 4.01. The van der Waals surface area contributed by atoms with Gasteiger partial charge in [0.15, 0.2) is 12.0 Å². The molecule has 0 amide bonds. The van der Waals surface area contributed by atoms with Crippen LogP contribution in [0.2, 0.25) is 0 Å². The third-order valence-electron chi connectivity index (χ3n) is 2.73. The zero-order chi connectivity index (χ0) is 12.3. The van der Waals surface area contributed by atoms with Crippen molar-refractivity contribution in [3.8, 4) is 0 Å². The Labute approximate surface area is 97.7 Å². The molecule has 5 nitrogen and oxygen atoms in total. The Kier molecular flexibility index (Phi) is 3.37. The van der Waals surface area contributed by atoms with Gasteiger partial charge in [-0.1, -0.05) is 0 Å². The number of esters is 1. The van der Waals surface area contributed by atoms with E-state index in [9.17, 15) is 14.4 Å². The maximum atomic E-state index is 11.6. The first kappa shape index (κ1) is 11.6. The van der Waals surface area contributed by atoms with Gasteiger partial charge >= 0.3 is 5.97 Å². The molecular formula is C12H12O5. The lowest BCUT2D eigenvalue weighted by Gasteiger charge is -2.07. The molecule has 90 valence electrons. The number of furan rings is 1. The maximum Gasteiger partial charge on any atom is 0.309 e. The van der Waals surface area contributed by atoms with Crippen LogP contribution in [-0.2, 0) is 20.9 Å². The Morgan fingerprint density at radius 3 is 2.94 bits per heavy atom. The van der Waals surface area contributed by atoms with Crippen LogP contribution in [-0.4, -0.2) is 18.0 Å². The Morgan fingerprint density at radius 1 is 1.53 bits per heavy atom. The van der Waals surface area contributed by atoms with E-state index in [-0.39, 0.29) is 36.5 Å². The highest BCUT2D eigenvalue weighted by atomic mass is 16.5. The third kappa shape index (κ3) is 2.81. The van der Waals surface area contributed by atoms with E-state index in [4.69, 9.17) is 9.15 Å². The lowest BCUT2D eigenvalue weighted by atomic mass is 10.1. The molecule has 5 heteroatoms. The molecular weight excluding hydrogens is 224 g/mol. The van der Waals surface area contributed by atoms with Crippen molar-refractivity contribution in [3.05, 3.63) is 23.7 Å². The van der Waals surface area contributed by atoms with E-state index in [0.29, 0.717) is 24.9 Å². The van der Waals surface area contributed by atoms with Gasteiger partial charge in [-0.05, 0) is 18.6 Å². The fourth-order valence-electron chi connectivity index (χ4n) is 1.81. The Hall–Kier alpha value is -1.91. The van der Waals surface area contributed by atoms with Crippen molar-refractivity contribution in [3.63, 3.8) is 0 Å². The van der Waals surface area contributed by atoms with Gasteiger partial charge in [-0.3, -0.25) is 14.4 Å². The Balaban J connectivity index is 1.83. The fraction of sp³-hybridized carbons (Fsp3) is 0.417. The number of carbonyl (C=O) groups excluding carboxylic acids is 3. The summed E-state index contributed by atoms with van der Waals surface area (Å²) in [5.41, 5.74) is 0. The second-order valence-electron chi connectivity index (χ2n) is 4.01. The summed E-state index contributed by atoms with van der Waals surface area (Å²) in [5.74, 6) is 0.0352. The summed E-state index contributed by atoms with van der Waals surface area (Å²) in [6.07, 6.45) is 1.88. The lowest BCUT2D eigenvalue weighted by molar-refractivity contribution is -0.150. The van der Waals surface area contributed by atoms with Crippen LogP contribution in [0.3, 0.4) is 0 Å². The Bertz CT molecular complexity index is 446. The van der Waals surface area contributed by atoms with E-state index >= 15 is 0 Å². The van der Waals surface area contributed by atoms with E-state index in [2.05, 4.69) is 0 Å². The number of rotatable bonds is 4. The number of hydrogen-bond acceptors (Lipinski definition) is 5. The molecule has 1 atom stereocenters. The fourth-order valence-corrected chi connectivity index (χ4v) is 1.81. The first-order chi connectivity index (χ1) is 8.19. The minimum absolute atomic E-state index is 0.00262. The summed E-state index contributed by atoms with van der Waals surface area (Å²) in [6, 6.07) is 3.09. The van der Waals surface area contributed by atoms with Crippen molar-refractivity contribution in [1.82, 2.24) is 0 Å². The van der Waals surface area contributed by atoms with Crippen LogP contribution in [0.4, 0.5) is 0 Å². The molecule has 1 fully saturated rings. The molecule has 1 aliphatic carbocycles. The number of carbonyl (C=O) groups is 3. The van der Waals surface area contributed by atoms with Gasteiger partial charge in [0.2, 0.25) is 0 Å². The van der Waals surface area contributed by atoms with Crippen molar-refractivity contribution >= 4 is 18.0 Å². The lowest BCUT2D eigenvalue weighted by Crippen LogP contribution is -2.14. The molecule has 2 rings (SSSR count). The average molecular weight is 236 g/mol. The van der Waals surface area contributed by atoms with Crippen LogP contribution in [0.1, 0.15) is 35.6 Å². The second kappa shape index (κ2) is 4.95. The molecule has 1 aromatic heterocycles. The van der Waals surface area contributed by atoms with Gasteiger partial charge in [0.25, 0.3) is 0 Å².